The third-order valence-electron chi connectivity index (χ3n) is 6.87. The largest absolute Gasteiger partial charge is 0.511 e. The second-order valence-corrected chi connectivity index (χ2v) is 11.7. The maximum absolute atomic E-state index is 13.5. The van der Waals surface area contributed by atoms with Crippen LogP contribution in [-0.4, -0.2) is 21.3 Å². The summed E-state index contributed by atoms with van der Waals surface area (Å²) in [6, 6.07) is 20.5. The highest BCUT2D eigenvalue weighted by atomic mass is 32.2. The number of ether oxygens (including phenoxy) is 1. The number of aryl methyl sites for hydroxylation is 2. The van der Waals surface area contributed by atoms with Gasteiger partial charge in [0.25, 0.3) is 0 Å². The summed E-state index contributed by atoms with van der Waals surface area (Å²) in [5.74, 6) is -0.337. The number of esters is 1. The molecule has 0 amide bonds. The van der Waals surface area contributed by atoms with Gasteiger partial charge in [0, 0.05) is 4.90 Å². The van der Waals surface area contributed by atoms with Crippen LogP contribution in [0.1, 0.15) is 61.4 Å². The number of cyclic esters (lactones) is 1. The third-order valence-corrected chi connectivity index (χ3v) is 8.03. The summed E-state index contributed by atoms with van der Waals surface area (Å²) >= 11 is 1.23. The molecule has 37 heavy (non-hydrogen) atoms. The Kier molecular flexibility index (Phi) is 7.72. The van der Waals surface area contributed by atoms with Crippen molar-refractivity contribution < 1.29 is 24.9 Å². The average molecular weight is 519 g/mol. The Bertz CT molecular complexity index is 1310. The highest BCUT2D eigenvalue weighted by molar-refractivity contribution is 8.04. The lowest BCUT2D eigenvalue weighted by Crippen LogP contribution is -2.38. The van der Waals surface area contributed by atoms with E-state index >= 15 is 0 Å². The minimum absolute atomic E-state index is 0.0135. The fourth-order valence-electron chi connectivity index (χ4n) is 4.70. The maximum atomic E-state index is 13.5. The average Bonchev–Trinajstić information content (AvgIpc) is 2.86. The van der Waals surface area contributed by atoms with Crippen LogP contribution in [0.15, 0.2) is 82.3 Å². The Hall–Kier alpha value is -3.22. The van der Waals surface area contributed by atoms with Gasteiger partial charge < -0.3 is 20.1 Å². The number of phenolic OH excluding ortho intramolecular Hbond substituents is 1. The third kappa shape index (κ3) is 5.86. The topological polar surface area (TPSA) is 87.0 Å². The Morgan fingerprint density at radius 2 is 1.68 bits per heavy atom. The van der Waals surface area contributed by atoms with Crippen LogP contribution in [0, 0.1) is 6.92 Å². The first-order valence-corrected chi connectivity index (χ1v) is 13.3. The number of aliphatic hydroxyl groups excluding tert-OH is 2. The predicted molar refractivity (Wildman–Crippen MR) is 147 cm³/mol. The molecule has 0 aromatic heterocycles. The Balaban J connectivity index is 1.70. The fourth-order valence-corrected chi connectivity index (χ4v) is 5.95. The van der Waals surface area contributed by atoms with Crippen molar-refractivity contribution in [1.29, 1.82) is 0 Å². The predicted octanol–water partition coefficient (Wildman–Crippen LogP) is 6.83. The van der Waals surface area contributed by atoms with Crippen LogP contribution in [0.5, 0.6) is 5.75 Å². The summed E-state index contributed by atoms with van der Waals surface area (Å²) < 4.78 is 6.19. The van der Waals surface area contributed by atoms with E-state index in [0.29, 0.717) is 12.8 Å². The highest BCUT2D eigenvalue weighted by Gasteiger charge is 2.43. The number of rotatable bonds is 7. The minimum Gasteiger partial charge on any atom is -0.511 e. The van der Waals surface area contributed by atoms with E-state index in [1.54, 1.807) is 12.1 Å². The van der Waals surface area contributed by atoms with E-state index in [9.17, 15) is 20.1 Å². The van der Waals surface area contributed by atoms with Crippen molar-refractivity contribution in [1.82, 2.24) is 0 Å². The summed E-state index contributed by atoms with van der Waals surface area (Å²) in [6.07, 6.45) is 1.25. The molecule has 1 heterocycles. The molecule has 3 aromatic rings. The van der Waals surface area contributed by atoms with Crippen LogP contribution in [0.4, 0.5) is 0 Å². The van der Waals surface area contributed by atoms with Crippen molar-refractivity contribution in [2.45, 2.75) is 69.5 Å². The molecule has 0 fully saturated rings. The number of phenols is 1. The number of benzene rings is 3. The van der Waals surface area contributed by atoms with Crippen molar-refractivity contribution >= 4 is 17.7 Å². The van der Waals surface area contributed by atoms with Crippen LogP contribution in [0.25, 0.3) is 0 Å². The first-order valence-electron chi connectivity index (χ1n) is 12.4. The monoisotopic (exact) mass is 518 g/mol. The van der Waals surface area contributed by atoms with E-state index < -0.39 is 11.6 Å². The SMILES string of the molecule is Cc1cc(SC2=C(O)CC(CCc3ccc(O)cc3)(c3ccccc3)OC2=O)c(C(C)(C)C)cc1CO. The number of hydrogen-bond donors (Lipinski definition) is 3. The first-order chi connectivity index (χ1) is 17.5. The van der Waals surface area contributed by atoms with Gasteiger partial charge in [-0.15, -0.1) is 0 Å². The Morgan fingerprint density at radius 3 is 2.27 bits per heavy atom. The van der Waals surface area contributed by atoms with Gasteiger partial charge in [-0.25, -0.2) is 4.79 Å². The lowest BCUT2D eigenvalue weighted by Gasteiger charge is -2.38. The van der Waals surface area contributed by atoms with Gasteiger partial charge >= 0.3 is 5.97 Å². The molecule has 3 aromatic carbocycles. The zero-order chi connectivity index (χ0) is 26.8. The molecule has 3 N–H and O–H groups in total. The van der Waals surface area contributed by atoms with Crippen LogP contribution >= 0.6 is 11.8 Å². The number of carbonyl (C=O) groups is 1. The molecule has 1 unspecified atom stereocenters. The van der Waals surface area contributed by atoms with Crippen molar-refractivity contribution in [3.8, 4) is 5.75 Å². The molecule has 194 valence electrons. The van der Waals surface area contributed by atoms with Gasteiger partial charge in [-0.3, -0.25) is 0 Å². The summed E-state index contributed by atoms with van der Waals surface area (Å²) in [6.45, 7) is 8.12. The number of aromatic hydroxyl groups is 1. The molecule has 1 aliphatic rings. The van der Waals surface area contributed by atoms with Crippen LogP contribution in [-0.2, 0) is 33.6 Å². The summed E-state index contributed by atoms with van der Waals surface area (Å²) in [7, 11) is 0. The number of hydrogen-bond acceptors (Lipinski definition) is 6. The Labute approximate surface area is 222 Å². The minimum atomic E-state index is -1.01. The molecular weight excluding hydrogens is 484 g/mol. The van der Waals surface area contributed by atoms with E-state index in [1.165, 1.54) is 11.8 Å². The highest BCUT2D eigenvalue weighted by Crippen LogP contribution is 2.46. The first kappa shape index (κ1) is 26.8. The maximum Gasteiger partial charge on any atom is 0.349 e. The molecule has 6 heteroatoms. The summed E-state index contributed by atoms with van der Waals surface area (Å²) in [5, 5.41) is 30.7. The molecule has 0 radical (unpaired) electrons. The van der Waals surface area contributed by atoms with Gasteiger partial charge in [-0.2, -0.15) is 0 Å². The zero-order valence-corrected chi connectivity index (χ0v) is 22.6. The van der Waals surface area contributed by atoms with E-state index in [4.69, 9.17) is 4.74 Å². The summed E-state index contributed by atoms with van der Waals surface area (Å²) in [4.78, 5) is 14.5. The zero-order valence-electron chi connectivity index (χ0n) is 21.7. The molecule has 1 aliphatic heterocycles. The lowest BCUT2D eigenvalue weighted by atomic mass is 9.82. The van der Waals surface area contributed by atoms with Gasteiger partial charge in [0.1, 0.15) is 22.0 Å². The van der Waals surface area contributed by atoms with E-state index in [1.807, 2.05) is 61.5 Å². The van der Waals surface area contributed by atoms with Gasteiger partial charge in [0.05, 0.1) is 13.0 Å². The fraction of sp³-hybridized carbons (Fsp3) is 0.323. The van der Waals surface area contributed by atoms with Crippen molar-refractivity contribution in [2.75, 3.05) is 0 Å². The van der Waals surface area contributed by atoms with Gasteiger partial charge in [-0.1, -0.05) is 81.1 Å². The second kappa shape index (κ2) is 10.6. The van der Waals surface area contributed by atoms with Crippen molar-refractivity contribution in [2.24, 2.45) is 0 Å². The van der Waals surface area contributed by atoms with Crippen LogP contribution in [0.3, 0.4) is 0 Å². The van der Waals surface area contributed by atoms with Gasteiger partial charge in [-0.05, 0) is 71.2 Å². The number of aliphatic hydroxyl groups is 2. The van der Waals surface area contributed by atoms with Crippen molar-refractivity contribution in [3.63, 3.8) is 0 Å². The van der Waals surface area contributed by atoms with E-state index in [-0.39, 0.29) is 34.9 Å². The van der Waals surface area contributed by atoms with Crippen LogP contribution in [0.2, 0.25) is 0 Å². The quantitative estimate of drug-likeness (QED) is 0.297. The number of carbonyl (C=O) groups excluding carboxylic acids is 1. The van der Waals surface area contributed by atoms with E-state index in [0.717, 1.165) is 32.7 Å². The molecule has 5 nitrogen and oxygen atoms in total. The standard InChI is InChI=1S/C31H34O5S/c1-20-16-27(25(30(2,3)4)17-22(20)19-32)37-28-26(34)18-31(36-29(28)35,23-8-6-5-7-9-23)15-14-21-10-12-24(33)13-11-21/h5-13,16-17,32-34H,14-15,18-19H2,1-4H3. The summed E-state index contributed by atoms with van der Waals surface area (Å²) in [5.41, 5.74) is 3.36. The molecule has 0 aliphatic carbocycles. The molecule has 0 saturated heterocycles. The smallest absolute Gasteiger partial charge is 0.349 e. The normalized spacial score (nSPS) is 18.1. The van der Waals surface area contributed by atoms with Gasteiger partial charge in [0.2, 0.25) is 0 Å². The van der Waals surface area contributed by atoms with Crippen LogP contribution < -0.4 is 0 Å². The van der Waals surface area contributed by atoms with Crippen molar-refractivity contribution in [3.05, 3.63) is 105 Å². The molecule has 0 bridgehead atoms. The molecular formula is C31H34O5S. The molecule has 1 atom stereocenters. The Morgan fingerprint density at radius 1 is 1.00 bits per heavy atom. The molecule has 0 spiro atoms. The second-order valence-electron chi connectivity index (χ2n) is 10.7. The van der Waals surface area contributed by atoms with Gasteiger partial charge in [0.15, 0.2) is 0 Å². The molecule has 0 saturated carbocycles. The lowest BCUT2D eigenvalue weighted by molar-refractivity contribution is -0.160. The molecule has 4 rings (SSSR count). The number of thioether (sulfide) groups is 1. The van der Waals surface area contributed by atoms with E-state index in [2.05, 4.69) is 20.8 Å².